The average Bonchev–Trinajstić information content (AvgIpc) is 2.02. The minimum absolute atomic E-state index is 0.434. The van der Waals surface area contributed by atoms with E-state index >= 15 is 0 Å². The van der Waals surface area contributed by atoms with Gasteiger partial charge in [-0.15, -0.1) is 0 Å². The quantitative estimate of drug-likeness (QED) is 0.786. The third-order valence-electron chi connectivity index (χ3n) is 1.77. The molecule has 1 aromatic carbocycles. The van der Waals surface area contributed by atoms with Crippen molar-refractivity contribution in [3.05, 3.63) is 29.8 Å². The first-order valence-electron chi connectivity index (χ1n) is 4.23. The minimum Gasteiger partial charge on any atom is -0.316 e. The van der Waals surface area contributed by atoms with Gasteiger partial charge in [0.05, 0.1) is 0 Å². The summed E-state index contributed by atoms with van der Waals surface area (Å²) in [5.41, 5.74) is 1.17. The van der Waals surface area contributed by atoms with Crippen LogP contribution < -0.4 is 0 Å². The Morgan fingerprint density at radius 1 is 1.21 bits per heavy atom. The smallest absolute Gasteiger partial charge is 0.316 e. The van der Waals surface area contributed by atoms with Crippen molar-refractivity contribution in [2.75, 3.05) is 0 Å². The van der Waals surface area contributed by atoms with Crippen LogP contribution in [0.3, 0.4) is 0 Å². The Labute approximate surface area is 87.4 Å². The van der Waals surface area contributed by atoms with Crippen LogP contribution in [0.4, 0.5) is 0 Å². The molecule has 3 nitrogen and oxygen atoms in total. The molecule has 0 aliphatic carbocycles. The van der Waals surface area contributed by atoms with Crippen LogP contribution in [-0.4, -0.2) is 9.79 Å². The molecule has 0 amide bonds. The Bertz CT molecular complexity index is 342. The summed E-state index contributed by atoms with van der Waals surface area (Å²) >= 11 is 0.588. The number of benzene rings is 1. The molecule has 5 heteroatoms. The topological polar surface area (TPSA) is 57.5 Å². The summed E-state index contributed by atoms with van der Waals surface area (Å²) in [6, 6.07) is 7.25. The molecule has 0 unspecified atom stereocenters. The van der Waals surface area contributed by atoms with Crippen molar-refractivity contribution >= 4 is 18.2 Å². The van der Waals surface area contributed by atoms with Crippen molar-refractivity contribution in [3.63, 3.8) is 0 Å². The maximum absolute atomic E-state index is 10.7. The van der Waals surface area contributed by atoms with Gasteiger partial charge in [0.15, 0.2) is 0 Å². The summed E-state index contributed by atoms with van der Waals surface area (Å²) < 4.78 is 10.7. The van der Waals surface area contributed by atoms with E-state index in [1.165, 1.54) is 5.56 Å². The van der Waals surface area contributed by atoms with E-state index in [0.717, 1.165) is 0 Å². The van der Waals surface area contributed by atoms with Gasteiger partial charge in [0.1, 0.15) is 0 Å². The SMILES string of the molecule is CC(C)c1ccc(SP(=O)(O)O)cc1. The van der Waals surface area contributed by atoms with Crippen LogP contribution in [-0.2, 0) is 4.57 Å². The third-order valence-corrected chi connectivity index (χ3v) is 3.84. The molecule has 0 radical (unpaired) electrons. The average molecular weight is 232 g/mol. The third kappa shape index (κ3) is 3.84. The molecule has 2 N–H and O–H groups in total. The summed E-state index contributed by atoms with van der Waals surface area (Å²) in [4.78, 5) is 18.0. The second-order valence-electron chi connectivity index (χ2n) is 3.31. The molecule has 0 aliphatic heterocycles. The lowest BCUT2D eigenvalue weighted by molar-refractivity contribution is 0.397. The first-order chi connectivity index (χ1) is 6.38. The van der Waals surface area contributed by atoms with Gasteiger partial charge in [-0.1, -0.05) is 26.0 Å². The van der Waals surface area contributed by atoms with E-state index in [9.17, 15) is 4.57 Å². The number of rotatable bonds is 3. The predicted molar refractivity (Wildman–Crippen MR) is 58.4 cm³/mol. The van der Waals surface area contributed by atoms with Crippen molar-refractivity contribution in [2.45, 2.75) is 24.7 Å². The summed E-state index contributed by atoms with van der Waals surface area (Å²) in [5.74, 6) is 0.434. The maximum atomic E-state index is 10.7. The molecule has 0 saturated carbocycles. The van der Waals surface area contributed by atoms with E-state index in [1.807, 2.05) is 12.1 Å². The summed E-state index contributed by atoms with van der Waals surface area (Å²) in [5, 5.41) is 0. The molecule has 78 valence electrons. The molecule has 0 aliphatic rings. The lowest BCUT2D eigenvalue weighted by Crippen LogP contribution is -1.85. The van der Waals surface area contributed by atoms with E-state index in [4.69, 9.17) is 9.79 Å². The largest absolute Gasteiger partial charge is 0.388 e. The van der Waals surface area contributed by atoms with Crippen molar-refractivity contribution in [3.8, 4) is 0 Å². The number of hydrogen-bond donors (Lipinski definition) is 2. The second kappa shape index (κ2) is 4.49. The molecule has 0 atom stereocenters. The van der Waals surface area contributed by atoms with E-state index in [-0.39, 0.29) is 0 Å². The molecule has 0 fully saturated rings. The standard InChI is InChI=1S/C9H13O3PS/c1-7(2)8-3-5-9(6-4-8)14-13(10,11)12/h3-7H,1-2H3,(H2,10,11,12). The van der Waals surface area contributed by atoms with Crippen LogP contribution in [0.15, 0.2) is 29.2 Å². The highest BCUT2D eigenvalue weighted by Gasteiger charge is 2.14. The highest BCUT2D eigenvalue weighted by Crippen LogP contribution is 2.54. The van der Waals surface area contributed by atoms with E-state index in [2.05, 4.69) is 13.8 Å². The van der Waals surface area contributed by atoms with Crippen LogP contribution in [0.1, 0.15) is 25.3 Å². The van der Waals surface area contributed by atoms with E-state index < -0.39 is 6.80 Å². The normalized spacial score (nSPS) is 12.1. The Balaban J connectivity index is 2.79. The molecular weight excluding hydrogens is 219 g/mol. The molecule has 1 aromatic rings. The molecule has 0 saturated heterocycles. The van der Waals surface area contributed by atoms with Gasteiger partial charge in [-0.05, 0) is 35.0 Å². The zero-order valence-corrected chi connectivity index (χ0v) is 9.76. The highest BCUT2D eigenvalue weighted by molar-refractivity contribution is 8.54. The van der Waals surface area contributed by atoms with Crippen molar-refractivity contribution in [1.29, 1.82) is 0 Å². The van der Waals surface area contributed by atoms with Crippen LogP contribution in [0.5, 0.6) is 0 Å². The van der Waals surface area contributed by atoms with Gasteiger partial charge < -0.3 is 9.79 Å². The van der Waals surface area contributed by atoms with Crippen LogP contribution >= 0.6 is 18.2 Å². The fourth-order valence-electron chi connectivity index (χ4n) is 1.05. The predicted octanol–water partition coefficient (Wildman–Crippen LogP) is 2.99. The van der Waals surface area contributed by atoms with Gasteiger partial charge in [0.2, 0.25) is 0 Å². The zero-order valence-electron chi connectivity index (χ0n) is 8.04. The lowest BCUT2D eigenvalue weighted by Gasteiger charge is -2.06. The van der Waals surface area contributed by atoms with Gasteiger partial charge in [-0.2, -0.15) is 0 Å². The van der Waals surface area contributed by atoms with Crippen molar-refractivity contribution in [1.82, 2.24) is 0 Å². The molecule has 0 aromatic heterocycles. The van der Waals surface area contributed by atoms with Gasteiger partial charge >= 0.3 is 6.80 Å². The molecule has 0 bridgehead atoms. The summed E-state index contributed by atoms with van der Waals surface area (Å²) in [7, 11) is 0. The van der Waals surface area contributed by atoms with E-state index in [1.54, 1.807) is 12.1 Å². The van der Waals surface area contributed by atoms with Crippen LogP contribution in [0.2, 0.25) is 0 Å². The Morgan fingerprint density at radius 2 is 1.71 bits per heavy atom. The maximum Gasteiger partial charge on any atom is 0.388 e. The van der Waals surface area contributed by atoms with Crippen LogP contribution in [0, 0.1) is 0 Å². The minimum atomic E-state index is -4.01. The van der Waals surface area contributed by atoms with Gasteiger partial charge in [0.25, 0.3) is 0 Å². The lowest BCUT2D eigenvalue weighted by atomic mass is 10.0. The molecule has 1 rings (SSSR count). The fraction of sp³-hybridized carbons (Fsp3) is 0.333. The Kier molecular flexibility index (Phi) is 3.78. The molecular formula is C9H13O3PS. The first kappa shape index (κ1) is 11.8. The monoisotopic (exact) mass is 232 g/mol. The Hall–Kier alpha value is -0.280. The van der Waals surface area contributed by atoms with Crippen molar-refractivity contribution < 1.29 is 14.4 Å². The molecule has 14 heavy (non-hydrogen) atoms. The highest BCUT2D eigenvalue weighted by atomic mass is 32.7. The molecule has 0 heterocycles. The van der Waals surface area contributed by atoms with Crippen LogP contribution in [0.25, 0.3) is 0 Å². The zero-order chi connectivity index (χ0) is 10.8. The summed E-state index contributed by atoms with van der Waals surface area (Å²) in [6.07, 6.45) is 0. The summed E-state index contributed by atoms with van der Waals surface area (Å²) in [6.45, 7) is 0.139. The first-order valence-corrected chi connectivity index (χ1v) is 7.27. The second-order valence-corrected chi connectivity index (χ2v) is 6.92. The number of hydrogen-bond acceptors (Lipinski definition) is 2. The van der Waals surface area contributed by atoms with Gasteiger partial charge in [-0.25, -0.2) is 4.57 Å². The Morgan fingerprint density at radius 3 is 2.07 bits per heavy atom. The van der Waals surface area contributed by atoms with Gasteiger partial charge in [0, 0.05) is 4.90 Å². The van der Waals surface area contributed by atoms with Crippen molar-refractivity contribution in [2.24, 2.45) is 0 Å². The van der Waals surface area contributed by atoms with Gasteiger partial charge in [-0.3, -0.25) is 0 Å². The van der Waals surface area contributed by atoms with E-state index in [0.29, 0.717) is 22.2 Å². The molecule has 0 spiro atoms. The fourth-order valence-corrected chi connectivity index (χ4v) is 2.77.